The van der Waals surface area contributed by atoms with E-state index in [1.807, 2.05) is 0 Å². The van der Waals surface area contributed by atoms with Gasteiger partial charge >= 0.3 is 0 Å². The summed E-state index contributed by atoms with van der Waals surface area (Å²) < 4.78 is 5.98. The van der Waals surface area contributed by atoms with E-state index < -0.39 is 0 Å². The third kappa shape index (κ3) is 1.77. The van der Waals surface area contributed by atoms with Crippen molar-refractivity contribution in [2.45, 2.75) is 6.42 Å². The Bertz CT molecular complexity index is 317. The molecule has 1 heterocycles. The van der Waals surface area contributed by atoms with Gasteiger partial charge in [0.25, 0.3) is 0 Å². The minimum Gasteiger partial charge on any atom is -0.495 e. The van der Waals surface area contributed by atoms with Crippen LogP contribution in [0.2, 0.25) is 0 Å². The first kappa shape index (κ1) is 9.08. The van der Waals surface area contributed by atoms with Crippen molar-refractivity contribution in [3.63, 3.8) is 0 Å². The first-order valence-electron chi connectivity index (χ1n) is 3.39. The predicted octanol–water partition coefficient (Wildman–Crippen LogP) is 2.03. The average Bonchev–Trinajstić information content (AvgIpc) is 2.09. The van der Waals surface area contributed by atoms with E-state index in [2.05, 4.69) is 26.8 Å². The van der Waals surface area contributed by atoms with Crippen molar-refractivity contribution < 1.29 is 4.74 Å². The maximum absolute atomic E-state index is 5.21. The van der Waals surface area contributed by atoms with E-state index in [0.717, 1.165) is 15.8 Å². The number of hydrogen-bond donors (Lipinski definition) is 0. The fraction of sp³-hybridized carbons (Fsp3) is 0.222. The van der Waals surface area contributed by atoms with Crippen molar-refractivity contribution in [3.05, 3.63) is 22.4 Å². The van der Waals surface area contributed by atoms with Crippen LogP contribution in [0.1, 0.15) is 5.56 Å². The molecule has 0 aliphatic carbocycles. The van der Waals surface area contributed by atoms with E-state index in [0.29, 0.717) is 6.42 Å². The molecule has 0 fully saturated rings. The summed E-state index contributed by atoms with van der Waals surface area (Å²) in [6, 6.07) is 0. The van der Waals surface area contributed by atoms with Crippen molar-refractivity contribution in [1.82, 2.24) is 4.98 Å². The molecule has 0 N–H and O–H groups in total. The molecule has 0 bridgehead atoms. The lowest BCUT2D eigenvalue weighted by molar-refractivity contribution is 0.408. The first-order valence-corrected chi connectivity index (χ1v) is 4.18. The van der Waals surface area contributed by atoms with Gasteiger partial charge in [0.05, 0.1) is 13.3 Å². The van der Waals surface area contributed by atoms with Gasteiger partial charge in [0, 0.05) is 22.7 Å². The molecule has 0 aromatic carbocycles. The molecule has 12 heavy (non-hydrogen) atoms. The predicted molar refractivity (Wildman–Crippen MR) is 51.0 cm³/mol. The highest BCUT2D eigenvalue weighted by molar-refractivity contribution is 9.10. The van der Waals surface area contributed by atoms with Gasteiger partial charge in [-0.05, 0) is 15.9 Å². The normalized spacial score (nSPS) is 9.08. The van der Waals surface area contributed by atoms with E-state index in [1.54, 1.807) is 19.5 Å². The molecule has 1 aromatic rings. The second kappa shape index (κ2) is 4.13. The standard InChI is InChI=1S/C9H8BrNO/c1-3-4-7-8(10)5-11-6-9(7)12-2/h1,5-6H,4H2,2H3. The number of pyridine rings is 1. The summed E-state index contributed by atoms with van der Waals surface area (Å²) in [5.41, 5.74) is 0.968. The Labute approximate surface area is 80.1 Å². The fourth-order valence-electron chi connectivity index (χ4n) is 0.893. The van der Waals surface area contributed by atoms with Gasteiger partial charge in [-0.15, -0.1) is 12.3 Å². The Balaban J connectivity index is 3.12. The van der Waals surface area contributed by atoms with E-state index >= 15 is 0 Å². The number of ether oxygens (including phenoxy) is 1. The second-order valence-electron chi connectivity index (χ2n) is 2.18. The van der Waals surface area contributed by atoms with Crippen LogP contribution in [0.3, 0.4) is 0 Å². The molecule has 0 radical (unpaired) electrons. The van der Waals surface area contributed by atoms with Crippen LogP contribution in [-0.4, -0.2) is 12.1 Å². The molecule has 0 amide bonds. The molecule has 2 nitrogen and oxygen atoms in total. The highest BCUT2D eigenvalue weighted by atomic mass is 79.9. The molecule has 62 valence electrons. The van der Waals surface area contributed by atoms with E-state index in [-0.39, 0.29) is 0 Å². The highest BCUT2D eigenvalue weighted by Crippen LogP contribution is 2.25. The number of terminal acetylenes is 1. The molecule has 0 atom stereocenters. The van der Waals surface area contributed by atoms with E-state index in [9.17, 15) is 0 Å². The third-order valence-electron chi connectivity index (χ3n) is 1.46. The molecule has 1 rings (SSSR count). The molecular weight excluding hydrogens is 218 g/mol. The van der Waals surface area contributed by atoms with Crippen molar-refractivity contribution in [2.75, 3.05) is 7.11 Å². The Hall–Kier alpha value is -1.01. The lowest BCUT2D eigenvalue weighted by atomic mass is 10.2. The van der Waals surface area contributed by atoms with Crippen LogP contribution < -0.4 is 4.74 Å². The van der Waals surface area contributed by atoms with Crippen LogP contribution in [0, 0.1) is 12.3 Å². The number of hydrogen-bond acceptors (Lipinski definition) is 2. The Morgan fingerprint density at radius 3 is 3.00 bits per heavy atom. The third-order valence-corrected chi connectivity index (χ3v) is 2.15. The molecule has 0 aliphatic rings. The summed E-state index contributed by atoms with van der Waals surface area (Å²) in [4.78, 5) is 3.96. The van der Waals surface area contributed by atoms with Gasteiger partial charge in [-0.2, -0.15) is 0 Å². The minimum absolute atomic E-state index is 0.548. The number of nitrogens with zero attached hydrogens (tertiary/aromatic N) is 1. The zero-order valence-corrected chi connectivity index (χ0v) is 8.26. The number of rotatable bonds is 2. The summed E-state index contributed by atoms with van der Waals surface area (Å²) in [5.74, 6) is 3.29. The summed E-state index contributed by atoms with van der Waals surface area (Å²) in [6.07, 6.45) is 9.11. The number of methoxy groups -OCH3 is 1. The van der Waals surface area contributed by atoms with Crippen LogP contribution in [0.4, 0.5) is 0 Å². The monoisotopic (exact) mass is 225 g/mol. The topological polar surface area (TPSA) is 22.1 Å². The molecule has 1 aromatic heterocycles. The lowest BCUT2D eigenvalue weighted by Crippen LogP contribution is -1.93. The van der Waals surface area contributed by atoms with Crippen molar-refractivity contribution >= 4 is 15.9 Å². The maximum Gasteiger partial charge on any atom is 0.142 e. The minimum atomic E-state index is 0.548. The van der Waals surface area contributed by atoms with Gasteiger partial charge < -0.3 is 4.74 Å². The zero-order valence-electron chi connectivity index (χ0n) is 6.67. The summed E-state index contributed by atoms with van der Waals surface area (Å²) in [6.45, 7) is 0. The SMILES string of the molecule is C#CCc1c(Br)cncc1OC. The quantitative estimate of drug-likeness (QED) is 0.720. The first-order chi connectivity index (χ1) is 5.79. The Morgan fingerprint density at radius 2 is 2.42 bits per heavy atom. The summed E-state index contributed by atoms with van der Waals surface area (Å²) in [5, 5.41) is 0. The van der Waals surface area contributed by atoms with Crippen molar-refractivity contribution in [1.29, 1.82) is 0 Å². The average molecular weight is 226 g/mol. The van der Waals surface area contributed by atoms with Crippen LogP contribution >= 0.6 is 15.9 Å². The summed E-state index contributed by atoms with van der Waals surface area (Å²) in [7, 11) is 1.60. The molecule has 0 unspecified atom stereocenters. The molecule has 3 heteroatoms. The molecule has 0 spiro atoms. The Kier molecular flexibility index (Phi) is 3.12. The Morgan fingerprint density at radius 1 is 1.67 bits per heavy atom. The van der Waals surface area contributed by atoms with E-state index in [4.69, 9.17) is 11.2 Å². The highest BCUT2D eigenvalue weighted by Gasteiger charge is 2.05. The molecule has 0 aliphatic heterocycles. The van der Waals surface area contributed by atoms with Gasteiger partial charge in [0.2, 0.25) is 0 Å². The van der Waals surface area contributed by atoms with Crippen LogP contribution in [0.15, 0.2) is 16.9 Å². The van der Waals surface area contributed by atoms with Crippen molar-refractivity contribution in [2.24, 2.45) is 0 Å². The molecular formula is C9H8BrNO. The van der Waals surface area contributed by atoms with Crippen LogP contribution in [0.25, 0.3) is 0 Å². The van der Waals surface area contributed by atoms with Gasteiger partial charge in [-0.3, -0.25) is 4.98 Å². The molecule has 0 saturated heterocycles. The fourth-order valence-corrected chi connectivity index (χ4v) is 1.35. The number of halogens is 1. The largest absolute Gasteiger partial charge is 0.495 e. The second-order valence-corrected chi connectivity index (χ2v) is 3.04. The lowest BCUT2D eigenvalue weighted by Gasteiger charge is -2.05. The van der Waals surface area contributed by atoms with Crippen LogP contribution in [-0.2, 0) is 6.42 Å². The van der Waals surface area contributed by atoms with E-state index in [1.165, 1.54) is 0 Å². The number of aromatic nitrogens is 1. The van der Waals surface area contributed by atoms with Crippen molar-refractivity contribution in [3.8, 4) is 18.1 Å². The summed E-state index contributed by atoms with van der Waals surface area (Å²) >= 11 is 3.35. The van der Waals surface area contributed by atoms with Crippen LogP contribution in [0.5, 0.6) is 5.75 Å². The van der Waals surface area contributed by atoms with Gasteiger partial charge in [0.1, 0.15) is 5.75 Å². The zero-order chi connectivity index (χ0) is 8.97. The van der Waals surface area contributed by atoms with Gasteiger partial charge in [-0.1, -0.05) is 0 Å². The smallest absolute Gasteiger partial charge is 0.142 e. The molecule has 0 saturated carbocycles. The van der Waals surface area contributed by atoms with Gasteiger partial charge in [-0.25, -0.2) is 0 Å². The maximum atomic E-state index is 5.21. The van der Waals surface area contributed by atoms with Gasteiger partial charge in [0.15, 0.2) is 0 Å².